The van der Waals surface area contributed by atoms with Crippen molar-refractivity contribution in [2.45, 2.75) is 45.7 Å². The molecule has 1 aromatic carbocycles. The van der Waals surface area contributed by atoms with Gasteiger partial charge in [-0.2, -0.15) is 0 Å². The first-order chi connectivity index (χ1) is 9.58. The normalized spacial score (nSPS) is 17.1. The standard InChI is InChI=1S/C16H23ClN2O/c1-12-6-7-14(15(17)10-12)11-18-13(2)16(20)19-8-4-3-5-9-19/h6-7,10,13,18H,3-5,8-9,11H2,1-2H3. The number of piperidine rings is 1. The first-order valence-corrected chi connectivity index (χ1v) is 7.73. The van der Waals surface area contributed by atoms with Crippen LogP contribution in [0.3, 0.4) is 0 Å². The molecule has 1 amide bonds. The second-order valence-corrected chi connectivity index (χ2v) is 5.99. The van der Waals surface area contributed by atoms with Gasteiger partial charge in [0.05, 0.1) is 6.04 Å². The summed E-state index contributed by atoms with van der Waals surface area (Å²) in [5.74, 6) is 0.202. The molecule has 0 saturated carbocycles. The van der Waals surface area contributed by atoms with Crippen LogP contribution in [-0.4, -0.2) is 29.9 Å². The highest BCUT2D eigenvalue weighted by Crippen LogP contribution is 2.17. The Hall–Kier alpha value is -1.06. The van der Waals surface area contributed by atoms with Crippen molar-refractivity contribution < 1.29 is 4.79 Å². The van der Waals surface area contributed by atoms with Gasteiger partial charge in [0.1, 0.15) is 0 Å². The summed E-state index contributed by atoms with van der Waals surface area (Å²) < 4.78 is 0. The Kier molecular flexibility index (Phi) is 5.44. The fourth-order valence-electron chi connectivity index (χ4n) is 2.53. The average Bonchev–Trinajstić information content (AvgIpc) is 2.46. The number of benzene rings is 1. The lowest BCUT2D eigenvalue weighted by molar-refractivity contribution is -0.133. The molecule has 0 aromatic heterocycles. The number of carbonyl (C=O) groups is 1. The molecule has 20 heavy (non-hydrogen) atoms. The van der Waals surface area contributed by atoms with Gasteiger partial charge in [0.25, 0.3) is 0 Å². The molecule has 1 aromatic rings. The van der Waals surface area contributed by atoms with Crippen molar-refractivity contribution in [1.82, 2.24) is 10.2 Å². The van der Waals surface area contributed by atoms with Crippen molar-refractivity contribution >= 4 is 17.5 Å². The largest absolute Gasteiger partial charge is 0.341 e. The fraction of sp³-hybridized carbons (Fsp3) is 0.562. The Bertz CT molecular complexity index is 470. The number of hydrogen-bond donors (Lipinski definition) is 1. The second kappa shape index (κ2) is 7.09. The maximum Gasteiger partial charge on any atom is 0.239 e. The van der Waals surface area contributed by atoms with Crippen molar-refractivity contribution in [2.24, 2.45) is 0 Å². The minimum Gasteiger partial charge on any atom is -0.341 e. The summed E-state index contributed by atoms with van der Waals surface area (Å²) in [4.78, 5) is 14.3. The van der Waals surface area contributed by atoms with Gasteiger partial charge in [-0.3, -0.25) is 4.79 Å². The fourth-order valence-corrected chi connectivity index (χ4v) is 2.84. The van der Waals surface area contributed by atoms with Crippen LogP contribution in [0.1, 0.15) is 37.3 Å². The van der Waals surface area contributed by atoms with E-state index in [0.29, 0.717) is 6.54 Å². The number of rotatable bonds is 4. The third-order valence-electron chi connectivity index (χ3n) is 3.85. The number of carbonyl (C=O) groups excluding carboxylic acids is 1. The van der Waals surface area contributed by atoms with E-state index >= 15 is 0 Å². The van der Waals surface area contributed by atoms with Gasteiger partial charge in [-0.15, -0.1) is 0 Å². The number of likely N-dealkylation sites (tertiary alicyclic amines) is 1. The van der Waals surface area contributed by atoms with Crippen molar-refractivity contribution in [3.05, 3.63) is 34.3 Å². The Balaban J connectivity index is 1.87. The lowest BCUT2D eigenvalue weighted by atomic mass is 10.1. The van der Waals surface area contributed by atoms with E-state index in [-0.39, 0.29) is 11.9 Å². The predicted molar refractivity (Wildman–Crippen MR) is 82.9 cm³/mol. The molecule has 1 atom stereocenters. The van der Waals surface area contributed by atoms with E-state index in [1.807, 2.05) is 36.9 Å². The molecule has 0 radical (unpaired) electrons. The van der Waals surface area contributed by atoms with Crippen LogP contribution in [0.2, 0.25) is 5.02 Å². The van der Waals surface area contributed by atoms with E-state index in [0.717, 1.165) is 42.1 Å². The Morgan fingerprint density at radius 3 is 2.70 bits per heavy atom. The zero-order valence-corrected chi connectivity index (χ0v) is 13.0. The number of nitrogens with one attached hydrogen (secondary N) is 1. The molecule has 1 heterocycles. The molecule has 1 aliphatic rings. The summed E-state index contributed by atoms with van der Waals surface area (Å²) in [6.45, 7) is 6.37. The van der Waals surface area contributed by atoms with Gasteiger partial charge in [0, 0.05) is 24.7 Å². The van der Waals surface area contributed by atoms with Crippen LogP contribution in [0.4, 0.5) is 0 Å². The third kappa shape index (κ3) is 3.97. The Morgan fingerprint density at radius 1 is 1.35 bits per heavy atom. The van der Waals surface area contributed by atoms with Crippen molar-refractivity contribution in [3.63, 3.8) is 0 Å². The maximum absolute atomic E-state index is 12.3. The van der Waals surface area contributed by atoms with Gasteiger partial charge in [-0.05, 0) is 50.3 Å². The number of hydrogen-bond acceptors (Lipinski definition) is 2. The molecule has 3 nitrogen and oxygen atoms in total. The summed E-state index contributed by atoms with van der Waals surface area (Å²) in [5, 5.41) is 4.04. The molecule has 1 aliphatic heterocycles. The molecule has 0 aliphatic carbocycles. The summed E-state index contributed by atoms with van der Waals surface area (Å²) in [5.41, 5.74) is 2.19. The van der Waals surface area contributed by atoms with Gasteiger partial charge in [0.2, 0.25) is 5.91 Å². The zero-order chi connectivity index (χ0) is 14.5. The van der Waals surface area contributed by atoms with Crippen LogP contribution in [0, 0.1) is 6.92 Å². The second-order valence-electron chi connectivity index (χ2n) is 5.58. The first kappa shape index (κ1) is 15.3. The highest BCUT2D eigenvalue weighted by molar-refractivity contribution is 6.31. The van der Waals surface area contributed by atoms with Crippen LogP contribution in [0.25, 0.3) is 0 Å². The van der Waals surface area contributed by atoms with E-state index in [2.05, 4.69) is 5.32 Å². The summed E-state index contributed by atoms with van der Waals surface area (Å²) in [7, 11) is 0. The SMILES string of the molecule is Cc1ccc(CNC(C)C(=O)N2CCCCC2)c(Cl)c1. The highest BCUT2D eigenvalue weighted by atomic mass is 35.5. The minimum absolute atomic E-state index is 0.162. The number of nitrogens with zero attached hydrogens (tertiary/aromatic N) is 1. The van der Waals surface area contributed by atoms with Gasteiger partial charge < -0.3 is 10.2 Å². The Labute approximate surface area is 126 Å². The van der Waals surface area contributed by atoms with Crippen LogP contribution in [0.15, 0.2) is 18.2 Å². The van der Waals surface area contributed by atoms with Crippen LogP contribution >= 0.6 is 11.6 Å². The van der Waals surface area contributed by atoms with Crippen LogP contribution in [0.5, 0.6) is 0 Å². The third-order valence-corrected chi connectivity index (χ3v) is 4.20. The molecule has 1 fully saturated rings. The number of amides is 1. The van der Waals surface area contributed by atoms with Crippen molar-refractivity contribution in [3.8, 4) is 0 Å². The summed E-state index contributed by atoms with van der Waals surface area (Å²) in [6, 6.07) is 5.85. The van der Waals surface area contributed by atoms with E-state index < -0.39 is 0 Å². The monoisotopic (exact) mass is 294 g/mol. The Morgan fingerprint density at radius 2 is 2.05 bits per heavy atom. The molecule has 0 bridgehead atoms. The zero-order valence-electron chi connectivity index (χ0n) is 12.3. The molecule has 1 saturated heterocycles. The molecule has 1 N–H and O–H groups in total. The lowest BCUT2D eigenvalue weighted by Gasteiger charge is -2.29. The van der Waals surface area contributed by atoms with E-state index in [9.17, 15) is 4.79 Å². The minimum atomic E-state index is -0.162. The first-order valence-electron chi connectivity index (χ1n) is 7.35. The lowest BCUT2D eigenvalue weighted by Crippen LogP contribution is -2.46. The molecular formula is C16H23ClN2O. The van der Waals surface area contributed by atoms with E-state index in [4.69, 9.17) is 11.6 Å². The average molecular weight is 295 g/mol. The van der Waals surface area contributed by atoms with Crippen LogP contribution in [-0.2, 0) is 11.3 Å². The van der Waals surface area contributed by atoms with E-state index in [1.165, 1.54) is 6.42 Å². The quantitative estimate of drug-likeness (QED) is 0.925. The molecular weight excluding hydrogens is 272 g/mol. The molecule has 1 unspecified atom stereocenters. The maximum atomic E-state index is 12.3. The number of halogens is 1. The van der Waals surface area contributed by atoms with Crippen molar-refractivity contribution in [2.75, 3.05) is 13.1 Å². The molecule has 110 valence electrons. The summed E-state index contributed by atoms with van der Waals surface area (Å²) >= 11 is 6.21. The summed E-state index contributed by atoms with van der Waals surface area (Å²) in [6.07, 6.45) is 3.50. The molecule has 4 heteroatoms. The number of aryl methyl sites for hydroxylation is 1. The molecule has 2 rings (SSSR count). The van der Waals surface area contributed by atoms with Gasteiger partial charge >= 0.3 is 0 Å². The van der Waals surface area contributed by atoms with Gasteiger partial charge in [0.15, 0.2) is 0 Å². The van der Waals surface area contributed by atoms with E-state index in [1.54, 1.807) is 0 Å². The topological polar surface area (TPSA) is 32.3 Å². The van der Waals surface area contributed by atoms with Crippen molar-refractivity contribution in [1.29, 1.82) is 0 Å². The molecule has 0 spiro atoms. The van der Waals surface area contributed by atoms with Gasteiger partial charge in [-0.1, -0.05) is 23.7 Å². The smallest absolute Gasteiger partial charge is 0.239 e. The predicted octanol–water partition coefficient (Wildman–Crippen LogP) is 3.14. The highest BCUT2D eigenvalue weighted by Gasteiger charge is 2.21. The van der Waals surface area contributed by atoms with Crippen LogP contribution < -0.4 is 5.32 Å². The van der Waals surface area contributed by atoms with Gasteiger partial charge in [-0.25, -0.2) is 0 Å².